The monoisotopic (exact) mass is 127 g/mol. The summed E-state index contributed by atoms with van der Waals surface area (Å²) in [6.07, 6.45) is -0.731. The Kier molecular flexibility index (Phi) is 19.4. The van der Waals surface area contributed by atoms with Gasteiger partial charge in [0.05, 0.1) is 12.7 Å². The molecule has 8 heavy (non-hydrogen) atoms. The predicted molar refractivity (Wildman–Crippen MR) is 29.4 cm³/mol. The van der Waals surface area contributed by atoms with Crippen LogP contribution in [0, 0.1) is 0 Å². The molecule has 0 aliphatic heterocycles. The van der Waals surface area contributed by atoms with Crippen molar-refractivity contribution >= 4 is 0 Å². The second-order valence-corrected chi connectivity index (χ2v) is 1.07. The molecule has 0 aromatic heterocycles. The van der Waals surface area contributed by atoms with Crippen LogP contribution in [0.5, 0.6) is 0 Å². The lowest BCUT2D eigenvalue weighted by molar-refractivity contribution is 0.102. The maximum atomic E-state index is 8.29. The Morgan fingerprint density at radius 2 is 1.75 bits per heavy atom. The Bertz CT molecular complexity index is 30.5. The van der Waals surface area contributed by atoms with Crippen LogP contribution in [0.25, 0.3) is 0 Å². The molecule has 0 rings (SSSR count). The van der Waals surface area contributed by atoms with Crippen molar-refractivity contribution in [2.75, 3.05) is 13.2 Å². The van der Waals surface area contributed by atoms with Crippen LogP contribution in [-0.4, -0.2) is 40.4 Å². The number of aliphatic hydroxyl groups excluding tert-OH is 2. The summed E-state index contributed by atoms with van der Waals surface area (Å²) >= 11 is 0. The first kappa shape index (κ1) is 15.7. The summed E-state index contributed by atoms with van der Waals surface area (Å²) in [6.45, 7) is -0.104. The zero-order valence-electron chi connectivity index (χ0n) is 4.46. The highest BCUT2D eigenvalue weighted by atomic mass is 16.3. The number of aliphatic hydroxyl groups is 2. The van der Waals surface area contributed by atoms with Gasteiger partial charge in [-0.25, -0.2) is 0 Å². The molecule has 5 heteroatoms. The zero-order valence-corrected chi connectivity index (χ0v) is 4.46. The summed E-state index contributed by atoms with van der Waals surface area (Å²) in [5, 5.41) is 16.3. The third kappa shape index (κ3) is 9.25. The molecule has 0 amide bonds. The van der Waals surface area contributed by atoms with Gasteiger partial charge in [0.1, 0.15) is 0 Å². The summed E-state index contributed by atoms with van der Waals surface area (Å²) in [7, 11) is 0. The van der Waals surface area contributed by atoms with Crippen LogP contribution in [0.4, 0.5) is 0 Å². The smallest absolute Gasteiger partial charge is 0.0892 e. The van der Waals surface area contributed by atoms with Gasteiger partial charge in [-0.3, -0.25) is 0 Å². The molecule has 0 saturated carbocycles. The van der Waals surface area contributed by atoms with Crippen LogP contribution < -0.4 is 5.73 Å². The van der Waals surface area contributed by atoms with Gasteiger partial charge >= 0.3 is 0 Å². The van der Waals surface area contributed by atoms with Gasteiger partial charge in [0.25, 0.3) is 0 Å². The van der Waals surface area contributed by atoms with Gasteiger partial charge in [-0.1, -0.05) is 0 Å². The van der Waals surface area contributed by atoms with E-state index >= 15 is 0 Å². The summed E-state index contributed by atoms with van der Waals surface area (Å²) in [5.74, 6) is 0. The first-order chi connectivity index (χ1) is 2.81. The second-order valence-electron chi connectivity index (χ2n) is 1.07. The Balaban J connectivity index is -0.000000125. The Labute approximate surface area is 47.4 Å². The Morgan fingerprint density at radius 3 is 1.75 bits per heavy atom. The van der Waals surface area contributed by atoms with Crippen molar-refractivity contribution < 1.29 is 21.2 Å². The minimum atomic E-state index is -0.731. The van der Waals surface area contributed by atoms with Crippen molar-refractivity contribution in [2.45, 2.75) is 6.10 Å². The predicted octanol–water partition coefficient (Wildman–Crippen LogP) is -3.35. The molecule has 0 spiro atoms. The quantitative estimate of drug-likeness (QED) is 0.358. The van der Waals surface area contributed by atoms with Crippen molar-refractivity contribution in [3.8, 4) is 0 Å². The molecule has 5 nitrogen and oxygen atoms in total. The average molecular weight is 127 g/mol. The normalized spacial score (nSPS) is 10.9. The average Bonchev–Trinajstić information content (AvgIpc) is 1.65. The van der Waals surface area contributed by atoms with Gasteiger partial charge < -0.3 is 26.9 Å². The highest BCUT2D eigenvalue weighted by molar-refractivity contribution is 4.48. The van der Waals surface area contributed by atoms with Gasteiger partial charge in [-0.2, -0.15) is 0 Å². The Hall–Kier alpha value is -0.200. The maximum Gasteiger partial charge on any atom is 0.0892 e. The third-order valence-corrected chi connectivity index (χ3v) is 0.483. The minimum Gasteiger partial charge on any atom is -0.412 e. The van der Waals surface area contributed by atoms with Crippen LogP contribution in [0.3, 0.4) is 0 Å². The standard InChI is InChI=1S/C3H9NO2.2H2O/c4-1-3(6)2-5;;/h3,5-6H,1-2,4H2;2*1H2. The number of rotatable bonds is 2. The highest BCUT2D eigenvalue weighted by Crippen LogP contribution is 1.69. The zero-order chi connectivity index (χ0) is 4.99. The Morgan fingerprint density at radius 1 is 1.38 bits per heavy atom. The molecule has 0 aliphatic carbocycles. The van der Waals surface area contributed by atoms with Crippen molar-refractivity contribution in [1.29, 1.82) is 0 Å². The van der Waals surface area contributed by atoms with Crippen molar-refractivity contribution in [3.05, 3.63) is 0 Å². The lowest BCUT2D eigenvalue weighted by Gasteiger charge is -1.97. The van der Waals surface area contributed by atoms with Gasteiger partial charge in [0, 0.05) is 6.54 Å². The van der Waals surface area contributed by atoms with Gasteiger partial charge in [-0.05, 0) is 0 Å². The van der Waals surface area contributed by atoms with Crippen molar-refractivity contribution in [3.63, 3.8) is 0 Å². The molecular formula is C3H13NO4. The molecule has 54 valence electrons. The molecule has 0 aliphatic rings. The molecule has 0 fully saturated rings. The molecule has 8 N–H and O–H groups in total. The van der Waals surface area contributed by atoms with E-state index in [1.165, 1.54) is 0 Å². The topological polar surface area (TPSA) is 129 Å². The molecule has 0 heterocycles. The minimum absolute atomic E-state index is 0. The summed E-state index contributed by atoms with van der Waals surface area (Å²) in [4.78, 5) is 0. The van der Waals surface area contributed by atoms with E-state index in [9.17, 15) is 0 Å². The summed E-state index contributed by atoms with van der Waals surface area (Å²) < 4.78 is 0. The summed E-state index contributed by atoms with van der Waals surface area (Å²) in [6, 6.07) is 0. The van der Waals surface area contributed by atoms with Crippen molar-refractivity contribution in [1.82, 2.24) is 0 Å². The van der Waals surface area contributed by atoms with E-state index in [-0.39, 0.29) is 24.1 Å². The largest absolute Gasteiger partial charge is 0.412 e. The number of hydrogen-bond acceptors (Lipinski definition) is 3. The third-order valence-electron chi connectivity index (χ3n) is 0.483. The van der Waals surface area contributed by atoms with Crippen LogP contribution in [0.1, 0.15) is 0 Å². The molecule has 0 aromatic rings. The fourth-order valence-electron chi connectivity index (χ4n) is 0.0745. The number of nitrogens with two attached hydrogens (primary N) is 1. The SMILES string of the molecule is NCC(O)CO.O.O. The van der Waals surface area contributed by atoms with Gasteiger partial charge in [-0.15, -0.1) is 0 Å². The molecule has 0 bridgehead atoms. The lowest BCUT2D eigenvalue weighted by atomic mass is 10.4. The first-order valence-corrected chi connectivity index (χ1v) is 1.80. The van der Waals surface area contributed by atoms with Crippen LogP contribution in [-0.2, 0) is 0 Å². The molecule has 0 radical (unpaired) electrons. The lowest BCUT2D eigenvalue weighted by Crippen LogP contribution is -2.22. The molecule has 0 saturated heterocycles. The van der Waals surface area contributed by atoms with Gasteiger partial charge in [0.2, 0.25) is 0 Å². The summed E-state index contributed by atoms with van der Waals surface area (Å²) in [5.41, 5.74) is 4.87. The van der Waals surface area contributed by atoms with E-state index in [0.29, 0.717) is 0 Å². The molecule has 1 atom stereocenters. The van der Waals surface area contributed by atoms with Crippen LogP contribution >= 0.6 is 0 Å². The van der Waals surface area contributed by atoms with E-state index in [0.717, 1.165) is 0 Å². The van der Waals surface area contributed by atoms with Crippen LogP contribution in [0.15, 0.2) is 0 Å². The van der Waals surface area contributed by atoms with E-state index < -0.39 is 6.10 Å². The van der Waals surface area contributed by atoms with E-state index in [1.807, 2.05) is 0 Å². The van der Waals surface area contributed by atoms with Crippen LogP contribution in [0.2, 0.25) is 0 Å². The fourth-order valence-corrected chi connectivity index (χ4v) is 0.0745. The fraction of sp³-hybridized carbons (Fsp3) is 1.00. The second kappa shape index (κ2) is 9.93. The van der Waals surface area contributed by atoms with Gasteiger partial charge in [0.15, 0.2) is 0 Å². The van der Waals surface area contributed by atoms with E-state index in [1.54, 1.807) is 0 Å². The van der Waals surface area contributed by atoms with E-state index in [2.05, 4.69) is 0 Å². The first-order valence-electron chi connectivity index (χ1n) is 1.80. The highest BCUT2D eigenvalue weighted by Gasteiger charge is 1.92. The molecule has 1 unspecified atom stereocenters. The molecular weight excluding hydrogens is 114 g/mol. The van der Waals surface area contributed by atoms with Crippen molar-refractivity contribution in [2.24, 2.45) is 5.73 Å². The van der Waals surface area contributed by atoms with E-state index in [4.69, 9.17) is 15.9 Å². The molecule has 0 aromatic carbocycles. The number of hydrogen-bond donors (Lipinski definition) is 3. The maximum absolute atomic E-state index is 8.29.